The molecule has 0 saturated heterocycles. The molecule has 1 N–H and O–H groups in total. The van der Waals surface area contributed by atoms with Crippen molar-refractivity contribution in [2.24, 2.45) is 0 Å². The van der Waals surface area contributed by atoms with Gasteiger partial charge in [0.25, 0.3) is 0 Å². The minimum Gasteiger partial charge on any atom is -0.377 e. The summed E-state index contributed by atoms with van der Waals surface area (Å²) in [6.45, 7) is 6.43. The van der Waals surface area contributed by atoms with E-state index in [1.807, 2.05) is 6.07 Å². The Balaban J connectivity index is 2.18. The molecule has 0 saturated carbocycles. The first-order valence-electron chi connectivity index (χ1n) is 5.66. The van der Waals surface area contributed by atoms with E-state index in [1.54, 1.807) is 11.3 Å². The zero-order valence-corrected chi connectivity index (χ0v) is 11.8. The first kappa shape index (κ1) is 12.5. The van der Waals surface area contributed by atoms with Gasteiger partial charge >= 0.3 is 0 Å². The topological polar surface area (TPSA) is 12.0 Å². The van der Waals surface area contributed by atoms with Crippen LogP contribution >= 0.6 is 22.9 Å². The van der Waals surface area contributed by atoms with Crippen LogP contribution in [0.3, 0.4) is 0 Å². The van der Waals surface area contributed by atoms with E-state index in [2.05, 4.69) is 50.4 Å². The number of hydrogen-bond acceptors (Lipinski definition) is 2. The molecular weight excluding hydrogens is 250 g/mol. The number of hydrogen-bond donors (Lipinski definition) is 1. The Hall–Kier alpha value is -0.990. The second kappa shape index (κ2) is 5.11. The zero-order valence-electron chi connectivity index (χ0n) is 10.3. The molecule has 0 aliphatic rings. The Kier molecular flexibility index (Phi) is 3.75. The average molecular weight is 266 g/mol. The van der Waals surface area contributed by atoms with Crippen LogP contribution in [0.25, 0.3) is 0 Å². The van der Waals surface area contributed by atoms with E-state index in [9.17, 15) is 0 Å². The highest BCUT2D eigenvalue weighted by Crippen LogP contribution is 2.30. The highest BCUT2D eigenvalue weighted by atomic mass is 35.5. The van der Waals surface area contributed by atoms with Crippen LogP contribution < -0.4 is 5.32 Å². The van der Waals surface area contributed by atoms with Gasteiger partial charge in [0, 0.05) is 10.6 Å². The van der Waals surface area contributed by atoms with Crippen molar-refractivity contribution in [3.63, 3.8) is 0 Å². The standard InChI is InChI=1S/C14H16ClNS/c1-9-5-4-6-12(10(9)2)16-11(3)13-7-8-14(15)17-13/h4-8,11,16H,1-3H3. The second-order valence-electron chi connectivity index (χ2n) is 4.26. The van der Waals surface area contributed by atoms with Crippen molar-refractivity contribution in [3.8, 4) is 0 Å². The Labute approximate surface area is 111 Å². The first-order valence-corrected chi connectivity index (χ1v) is 6.85. The van der Waals surface area contributed by atoms with E-state index in [1.165, 1.54) is 21.7 Å². The van der Waals surface area contributed by atoms with Gasteiger partial charge in [0.15, 0.2) is 0 Å². The largest absolute Gasteiger partial charge is 0.377 e. The van der Waals surface area contributed by atoms with Crippen LogP contribution in [-0.4, -0.2) is 0 Å². The molecule has 1 aromatic carbocycles. The predicted molar refractivity (Wildman–Crippen MR) is 77.3 cm³/mol. The maximum absolute atomic E-state index is 5.95. The summed E-state index contributed by atoms with van der Waals surface area (Å²) in [5.74, 6) is 0. The molecule has 1 aromatic heterocycles. The molecule has 0 radical (unpaired) electrons. The molecule has 0 aliphatic carbocycles. The summed E-state index contributed by atoms with van der Waals surface area (Å²) < 4.78 is 0.842. The van der Waals surface area contributed by atoms with Crippen LogP contribution in [0.1, 0.15) is 29.0 Å². The van der Waals surface area contributed by atoms with Gasteiger partial charge in [-0.05, 0) is 50.1 Å². The lowest BCUT2D eigenvalue weighted by Gasteiger charge is -2.16. The predicted octanol–water partition coefficient (Wildman–Crippen LogP) is 5.19. The number of halogens is 1. The molecule has 0 bridgehead atoms. The first-order chi connectivity index (χ1) is 8.08. The Morgan fingerprint density at radius 1 is 1.18 bits per heavy atom. The van der Waals surface area contributed by atoms with Crippen molar-refractivity contribution in [1.82, 2.24) is 0 Å². The molecule has 0 spiro atoms. The lowest BCUT2D eigenvalue weighted by atomic mass is 10.1. The minimum atomic E-state index is 0.285. The van der Waals surface area contributed by atoms with Crippen molar-refractivity contribution in [3.05, 3.63) is 50.7 Å². The van der Waals surface area contributed by atoms with E-state index in [0.29, 0.717) is 0 Å². The molecule has 0 fully saturated rings. The van der Waals surface area contributed by atoms with Crippen molar-refractivity contribution in [1.29, 1.82) is 0 Å². The van der Waals surface area contributed by atoms with Gasteiger partial charge in [-0.25, -0.2) is 0 Å². The molecule has 2 rings (SSSR count). The van der Waals surface area contributed by atoms with Gasteiger partial charge in [-0.15, -0.1) is 11.3 Å². The Morgan fingerprint density at radius 2 is 1.94 bits per heavy atom. The lowest BCUT2D eigenvalue weighted by Crippen LogP contribution is -2.06. The summed E-state index contributed by atoms with van der Waals surface area (Å²) in [7, 11) is 0. The van der Waals surface area contributed by atoms with Crippen molar-refractivity contribution in [2.75, 3.05) is 5.32 Å². The molecule has 2 aromatic rings. The van der Waals surface area contributed by atoms with E-state index in [0.717, 1.165) is 4.34 Å². The van der Waals surface area contributed by atoms with Gasteiger partial charge in [0.05, 0.1) is 10.4 Å². The minimum absolute atomic E-state index is 0.285. The normalized spacial score (nSPS) is 12.5. The van der Waals surface area contributed by atoms with Gasteiger partial charge in [-0.2, -0.15) is 0 Å². The third-order valence-corrected chi connectivity index (χ3v) is 4.41. The summed E-state index contributed by atoms with van der Waals surface area (Å²) in [5.41, 5.74) is 3.82. The summed E-state index contributed by atoms with van der Waals surface area (Å²) >= 11 is 7.58. The van der Waals surface area contributed by atoms with Crippen molar-refractivity contribution >= 4 is 28.6 Å². The number of benzene rings is 1. The quantitative estimate of drug-likeness (QED) is 0.805. The van der Waals surface area contributed by atoms with Crippen molar-refractivity contribution in [2.45, 2.75) is 26.8 Å². The molecule has 1 atom stereocenters. The van der Waals surface area contributed by atoms with Gasteiger partial charge < -0.3 is 5.32 Å². The second-order valence-corrected chi connectivity index (χ2v) is 6.00. The van der Waals surface area contributed by atoms with E-state index in [-0.39, 0.29) is 6.04 Å². The van der Waals surface area contributed by atoms with Gasteiger partial charge in [0.1, 0.15) is 0 Å². The highest BCUT2D eigenvalue weighted by Gasteiger charge is 2.09. The Morgan fingerprint density at radius 3 is 2.59 bits per heavy atom. The molecule has 0 amide bonds. The molecule has 90 valence electrons. The molecule has 17 heavy (non-hydrogen) atoms. The number of nitrogens with one attached hydrogen (secondary N) is 1. The number of anilines is 1. The van der Waals surface area contributed by atoms with Crippen LogP contribution in [0.4, 0.5) is 5.69 Å². The maximum atomic E-state index is 5.95. The zero-order chi connectivity index (χ0) is 12.4. The highest BCUT2D eigenvalue weighted by molar-refractivity contribution is 7.16. The summed E-state index contributed by atoms with van der Waals surface area (Å²) in [5, 5.41) is 3.53. The summed E-state index contributed by atoms with van der Waals surface area (Å²) in [4.78, 5) is 1.26. The lowest BCUT2D eigenvalue weighted by molar-refractivity contribution is 0.905. The fraction of sp³-hybridized carbons (Fsp3) is 0.286. The summed E-state index contributed by atoms with van der Waals surface area (Å²) in [6.07, 6.45) is 0. The van der Waals surface area contributed by atoms with Crippen LogP contribution in [-0.2, 0) is 0 Å². The number of rotatable bonds is 3. The van der Waals surface area contributed by atoms with Crippen LogP contribution in [0.2, 0.25) is 4.34 Å². The number of thiophene rings is 1. The molecular formula is C14H16ClNS. The van der Waals surface area contributed by atoms with E-state index in [4.69, 9.17) is 11.6 Å². The van der Waals surface area contributed by atoms with Gasteiger partial charge in [-0.3, -0.25) is 0 Å². The average Bonchev–Trinajstić information content (AvgIpc) is 2.72. The maximum Gasteiger partial charge on any atom is 0.0932 e. The van der Waals surface area contributed by atoms with Gasteiger partial charge in [-0.1, -0.05) is 23.7 Å². The van der Waals surface area contributed by atoms with Crippen molar-refractivity contribution < 1.29 is 0 Å². The molecule has 1 nitrogen and oxygen atoms in total. The molecule has 1 unspecified atom stereocenters. The van der Waals surface area contributed by atoms with E-state index < -0.39 is 0 Å². The molecule has 1 heterocycles. The third-order valence-electron chi connectivity index (χ3n) is 3.00. The monoisotopic (exact) mass is 265 g/mol. The van der Waals surface area contributed by atoms with E-state index >= 15 is 0 Å². The number of aryl methyl sites for hydroxylation is 1. The van der Waals surface area contributed by atoms with Crippen LogP contribution in [0.5, 0.6) is 0 Å². The Bertz CT molecular complexity index is 519. The molecule has 3 heteroatoms. The van der Waals surface area contributed by atoms with Crippen LogP contribution in [0, 0.1) is 13.8 Å². The third kappa shape index (κ3) is 2.82. The van der Waals surface area contributed by atoms with Crippen LogP contribution in [0.15, 0.2) is 30.3 Å². The molecule has 0 aliphatic heterocycles. The SMILES string of the molecule is Cc1cccc(NC(C)c2ccc(Cl)s2)c1C. The van der Waals surface area contributed by atoms with Gasteiger partial charge in [0.2, 0.25) is 0 Å². The smallest absolute Gasteiger partial charge is 0.0932 e. The fourth-order valence-electron chi connectivity index (χ4n) is 1.77. The summed E-state index contributed by atoms with van der Waals surface area (Å²) in [6, 6.07) is 10.6. The fourth-order valence-corrected chi connectivity index (χ4v) is 2.84.